The van der Waals surface area contributed by atoms with Crippen molar-refractivity contribution in [3.8, 4) is 0 Å². The van der Waals surface area contributed by atoms with Gasteiger partial charge < -0.3 is 5.73 Å². The molecule has 1 rings (SSSR count). The van der Waals surface area contributed by atoms with Gasteiger partial charge in [-0.25, -0.2) is 0 Å². The van der Waals surface area contributed by atoms with E-state index in [2.05, 4.69) is 13.8 Å². The first-order chi connectivity index (χ1) is 6.31. The van der Waals surface area contributed by atoms with E-state index in [1.165, 1.54) is 38.5 Å². The predicted molar refractivity (Wildman–Crippen MR) is 58.6 cm³/mol. The van der Waals surface area contributed by atoms with Crippen LogP contribution in [0, 0.1) is 17.8 Å². The maximum atomic E-state index is 5.79. The summed E-state index contributed by atoms with van der Waals surface area (Å²) in [5.41, 5.74) is 5.79. The van der Waals surface area contributed by atoms with Crippen LogP contribution < -0.4 is 5.73 Å². The molecule has 0 heterocycles. The van der Waals surface area contributed by atoms with Crippen LogP contribution in [0.15, 0.2) is 0 Å². The summed E-state index contributed by atoms with van der Waals surface area (Å²) in [5.74, 6) is 2.77. The monoisotopic (exact) mass is 183 g/mol. The molecule has 13 heavy (non-hydrogen) atoms. The van der Waals surface area contributed by atoms with Crippen LogP contribution in [0.5, 0.6) is 0 Å². The van der Waals surface area contributed by atoms with E-state index in [1.807, 2.05) is 0 Å². The van der Waals surface area contributed by atoms with Crippen LogP contribution in [0.2, 0.25) is 0 Å². The molecule has 0 amide bonds. The first kappa shape index (κ1) is 11.0. The van der Waals surface area contributed by atoms with Gasteiger partial charge in [0.25, 0.3) is 0 Å². The summed E-state index contributed by atoms with van der Waals surface area (Å²) < 4.78 is 0. The smallest absolute Gasteiger partial charge is 0.00462 e. The quantitative estimate of drug-likeness (QED) is 0.711. The highest BCUT2D eigenvalue weighted by Gasteiger charge is 2.27. The summed E-state index contributed by atoms with van der Waals surface area (Å²) >= 11 is 0. The maximum absolute atomic E-state index is 5.79. The third-order valence-electron chi connectivity index (χ3n) is 3.77. The molecule has 0 aliphatic heterocycles. The van der Waals surface area contributed by atoms with E-state index in [-0.39, 0.29) is 0 Å². The molecule has 1 aliphatic rings. The van der Waals surface area contributed by atoms with Gasteiger partial charge in [-0.2, -0.15) is 0 Å². The SMILES string of the molecule is CCCC1CCC(CN)C(CC)C1. The molecule has 0 aromatic rings. The average Bonchev–Trinajstić information content (AvgIpc) is 2.18. The zero-order valence-electron chi connectivity index (χ0n) is 9.26. The fraction of sp³-hybridized carbons (Fsp3) is 1.00. The van der Waals surface area contributed by atoms with E-state index in [1.54, 1.807) is 0 Å². The highest BCUT2D eigenvalue weighted by Crippen LogP contribution is 2.37. The fourth-order valence-electron chi connectivity index (χ4n) is 2.90. The van der Waals surface area contributed by atoms with Crippen LogP contribution in [0.4, 0.5) is 0 Å². The van der Waals surface area contributed by atoms with E-state index in [0.29, 0.717) is 0 Å². The van der Waals surface area contributed by atoms with Crippen molar-refractivity contribution >= 4 is 0 Å². The molecule has 3 unspecified atom stereocenters. The van der Waals surface area contributed by atoms with Gasteiger partial charge in [0.1, 0.15) is 0 Å². The normalized spacial score (nSPS) is 34.8. The molecule has 0 bridgehead atoms. The number of rotatable bonds is 4. The van der Waals surface area contributed by atoms with E-state index >= 15 is 0 Å². The molecule has 0 radical (unpaired) electrons. The zero-order valence-corrected chi connectivity index (χ0v) is 9.26. The summed E-state index contributed by atoms with van der Waals surface area (Å²) in [6, 6.07) is 0. The molecule has 0 spiro atoms. The van der Waals surface area contributed by atoms with Crippen molar-refractivity contribution in [3.63, 3.8) is 0 Å². The Morgan fingerprint density at radius 1 is 1.15 bits per heavy atom. The average molecular weight is 183 g/mol. The first-order valence-electron chi connectivity index (χ1n) is 6.01. The van der Waals surface area contributed by atoms with Crippen LogP contribution in [0.25, 0.3) is 0 Å². The second-order valence-corrected chi connectivity index (χ2v) is 4.63. The summed E-state index contributed by atoms with van der Waals surface area (Å²) in [5, 5.41) is 0. The van der Waals surface area contributed by atoms with E-state index in [0.717, 1.165) is 24.3 Å². The molecule has 3 atom stereocenters. The van der Waals surface area contributed by atoms with Crippen molar-refractivity contribution in [2.45, 2.75) is 52.4 Å². The van der Waals surface area contributed by atoms with Crippen LogP contribution in [0.3, 0.4) is 0 Å². The van der Waals surface area contributed by atoms with Gasteiger partial charge in [0.05, 0.1) is 0 Å². The van der Waals surface area contributed by atoms with Gasteiger partial charge in [-0.05, 0) is 37.1 Å². The molecule has 0 aromatic carbocycles. The van der Waals surface area contributed by atoms with Crippen molar-refractivity contribution in [1.82, 2.24) is 0 Å². The molecule has 2 N–H and O–H groups in total. The second-order valence-electron chi connectivity index (χ2n) is 4.63. The fourth-order valence-corrected chi connectivity index (χ4v) is 2.90. The van der Waals surface area contributed by atoms with Gasteiger partial charge in [-0.15, -0.1) is 0 Å². The highest BCUT2D eigenvalue weighted by atomic mass is 14.6. The van der Waals surface area contributed by atoms with Crippen molar-refractivity contribution < 1.29 is 0 Å². The van der Waals surface area contributed by atoms with Gasteiger partial charge in [0, 0.05) is 0 Å². The topological polar surface area (TPSA) is 26.0 Å². The van der Waals surface area contributed by atoms with Crippen LogP contribution in [-0.4, -0.2) is 6.54 Å². The predicted octanol–water partition coefficient (Wildman–Crippen LogP) is 3.19. The van der Waals surface area contributed by atoms with Gasteiger partial charge >= 0.3 is 0 Å². The molecule has 0 saturated heterocycles. The Balaban J connectivity index is 2.38. The third kappa shape index (κ3) is 2.98. The van der Waals surface area contributed by atoms with Crippen LogP contribution in [-0.2, 0) is 0 Å². The van der Waals surface area contributed by atoms with E-state index in [4.69, 9.17) is 5.73 Å². The molecule has 0 aromatic heterocycles. The molecular formula is C12H25N. The number of hydrogen-bond acceptors (Lipinski definition) is 1. The summed E-state index contributed by atoms with van der Waals surface area (Å²) in [7, 11) is 0. The molecule has 1 saturated carbocycles. The zero-order chi connectivity index (χ0) is 9.68. The van der Waals surface area contributed by atoms with Crippen LogP contribution >= 0.6 is 0 Å². The van der Waals surface area contributed by atoms with E-state index in [9.17, 15) is 0 Å². The molecular weight excluding hydrogens is 158 g/mol. The number of nitrogens with two attached hydrogens (primary N) is 1. The molecule has 1 heteroatoms. The number of hydrogen-bond donors (Lipinski definition) is 1. The molecule has 1 aliphatic carbocycles. The summed E-state index contributed by atoms with van der Waals surface area (Å²) in [4.78, 5) is 0. The van der Waals surface area contributed by atoms with Gasteiger partial charge in [0.2, 0.25) is 0 Å². The second kappa shape index (κ2) is 5.64. The van der Waals surface area contributed by atoms with Crippen molar-refractivity contribution in [1.29, 1.82) is 0 Å². The van der Waals surface area contributed by atoms with Crippen molar-refractivity contribution in [2.24, 2.45) is 23.5 Å². The Morgan fingerprint density at radius 3 is 2.46 bits per heavy atom. The largest absolute Gasteiger partial charge is 0.330 e. The molecule has 1 fully saturated rings. The van der Waals surface area contributed by atoms with E-state index < -0.39 is 0 Å². The Labute approximate surface area is 83.1 Å². The third-order valence-corrected chi connectivity index (χ3v) is 3.77. The minimum atomic E-state index is 0.832. The van der Waals surface area contributed by atoms with Crippen LogP contribution in [0.1, 0.15) is 52.4 Å². The lowest BCUT2D eigenvalue weighted by molar-refractivity contribution is 0.172. The van der Waals surface area contributed by atoms with Gasteiger partial charge in [-0.1, -0.05) is 39.5 Å². The van der Waals surface area contributed by atoms with Crippen molar-refractivity contribution in [3.05, 3.63) is 0 Å². The molecule has 1 nitrogen and oxygen atoms in total. The summed E-state index contributed by atoms with van der Waals surface area (Å²) in [6.45, 7) is 5.54. The summed E-state index contributed by atoms with van der Waals surface area (Å²) in [6.07, 6.45) is 8.41. The lowest BCUT2D eigenvalue weighted by atomic mass is 9.72. The standard InChI is InChI=1S/C12H25N/c1-3-5-10-6-7-12(9-13)11(4-2)8-10/h10-12H,3-9,13H2,1-2H3. The molecule has 78 valence electrons. The minimum absolute atomic E-state index is 0.832. The first-order valence-corrected chi connectivity index (χ1v) is 6.01. The Kier molecular flexibility index (Phi) is 4.79. The maximum Gasteiger partial charge on any atom is -0.00462 e. The Morgan fingerprint density at radius 2 is 1.92 bits per heavy atom. The van der Waals surface area contributed by atoms with Gasteiger partial charge in [0.15, 0.2) is 0 Å². The Bertz CT molecular complexity index is 133. The highest BCUT2D eigenvalue weighted by molar-refractivity contribution is 4.79. The Hall–Kier alpha value is -0.0400. The van der Waals surface area contributed by atoms with Crippen molar-refractivity contribution in [2.75, 3.05) is 6.54 Å². The lowest BCUT2D eigenvalue weighted by Gasteiger charge is -2.35. The van der Waals surface area contributed by atoms with Gasteiger partial charge in [-0.3, -0.25) is 0 Å². The lowest BCUT2D eigenvalue weighted by Crippen LogP contribution is -2.30. The minimum Gasteiger partial charge on any atom is -0.330 e.